The standard InChI is InChI=1S/C25H30N2O8S/c1-5-35-20-15-17(9-12-19(20)28)22-21(24(30)25(31)27(22)13-6-14-34-4)23(29)16-7-10-18(11-8-16)36(32,33)26(2)3/h7-12,15,22,28-29H,5-6,13-14H2,1-4H3/t22-/m1/s1. The number of sulfonamides is 1. The number of Topliss-reactive ketones (excluding diaryl/α,β-unsaturated/α-hetero) is 1. The number of hydrogen-bond acceptors (Lipinski definition) is 8. The summed E-state index contributed by atoms with van der Waals surface area (Å²) < 4.78 is 36.4. The van der Waals surface area contributed by atoms with Gasteiger partial charge >= 0.3 is 0 Å². The molecule has 0 saturated carbocycles. The number of aromatic hydroxyl groups is 1. The zero-order chi connectivity index (χ0) is 26.6. The normalized spacial score (nSPS) is 17.7. The molecule has 10 nitrogen and oxygen atoms in total. The Morgan fingerprint density at radius 2 is 1.78 bits per heavy atom. The molecule has 11 heteroatoms. The number of benzene rings is 2. The van der Waals surface area contributed by atoms with Crippen molar-refractivity contribution in [1.82, 2.24) is 9.21 Å². The number of likely N-dealkylation sites (tertiary alicyclic amines) is 1. The second-order valence-corrected chi connectivity index (χ2v) is 10.5. The number of carbonyl (C=O) groups excluding carboxylic acids is 2. The lowest BCUT2D eigenvalue weighted by atomic mass is 9.95. The van der Waals surface area contributed by atoms with Crippen molar-refractivity contribution in [3.05, 3.63) is 59.2 Å². The molecule has 0 aromatic heterocycles. The molecule has 1 saturated heterocycles. The van der Waals surface area contributed by atoms with E-state index in [-0.39, 0.29) is 40.7 Å². The van der Waals surface area contributed by atoms with Crippen molar-refractivity contribution >= 4 is 27.5 Å². The van der Waals surface area contributed by atoms with Gasteiger partial charge in [-0.15, -0.1) is 0 Å². The van der Waals surface area contributed by atoms with Crippen LogP contribution in [0.15, 0.2) is 52.9 Å². The highest BCUT2D eigenvalue weighted by molar-refractivity contribution is 7.89. The largest absolute Gasteiger partial charge is 0.507 e. The van der Waals surface area contributed by atoms with Crippen LogP contribution in [0.5, 0.6) is 11.5 Å². The zero-order valence-electron chi connectivity index (χ0n) is 20.6. The van der Waals surface area contributed by atoms with Gasteiger partial charge in [0.1, 0.15) is 5.76 Å². The van der Waals surface area contributed by atoms with Crippen LogP contribution in [0.2, 0.25) is 0 Å². The molecule has 0 unspecified atom stereocenters. The molecule has 1 heterocycles. The number of amides is 1. The van der Waals surface area contributed by atoms with E-state index in [9.17, 15) is 28.2 Å². The number of methoxy groups -OCH3 is 1. The average molecular weight is 519 g/mol. The summed E-state index contributed by atoms with van der Waals surface area (Å²) in [6, 6.07) is 8.93. The number of aliphatic hydroxyl groups is 1. The van der Waals surface area contributed by atoms with Crippen molar-refractivity contribution in [2.45, 2.75) is 24.3 Å². The van der Waals surface area contributed by atoms with Gasteiger partial charge in [-0.2, -0.15) is 0 Å². The first kappa shape index (κ1) is 27.2. The third kappa shape index (κ3) is 5.23. The van der Waals surface area contributed by atoms with Crippen LogP contribution < -0.4 is 4.74 Å². The number of ether oxygens (including phenoxy) is 2. The maximum Gasteiger partial charge on any atom is 0.295 e. The minimum atomic E-state index is -3.69. The highest BCUT2D eigenvalue weighted by Gasteiger charge is 2.46. The van der Waals surface area contributed by atoms with Gasteiger partial charge in [0.15, 0.2) is 11.5 Å². The monoisotopic (exact) mass is 518 g/mol. The molecule has 1 amide bonds. The number of carbonyl (C=O) groups is 2. The summed E-state index contributed by atoms with van der Waals surface area (Å²) in [5, 5.41) is 21.3. The highest BCUT2D eigenvalue weighted by atomic mass is 32.2. The smallest absolute Gasteiger partial charge is 0.295 e. The molecule has 0 bridgehead atoms. The molecule has 2 aromatic rings. The van der Waals surface area contributed by atoms with Crippen molar-refractivity contribution in [2.75, 3.05) is 41.0 Å². The van der Waals surface area contributed by atoms with E-state index in [2.05, 4.69) is 0 Å². The number of nitrogens with zero attached hydrogens (tertiary/aromatic N) is 2. The Labute approximate surface area is 210 Å². The summed E-state index contributed by atoms with van der Waals surface area (Å²) >= 11 is 0. The molecule has 0 radical (unpaired) electrons. The Kier molecular flexibility index (Phi) is 8.39. The van der Waals surface area contributed by atoms with Crippen molar-refractivity contribution in [1.29, 1.82) is 0 Å². The van der Waals surface area contributed by atoms with Crippen molar-refractivity contribution in [2.24, 2.45) is 0 Å². The predicted molar refractivity (Wildman–Crippen MR) is 132 cm³/mol. The number of phenols is 1. The summed E-state index contributed by atoms with van der Waals surface area (Å²) in [5.74, 6) is -2.01. The van der Waals surface area contributed by atoms with Crippen LogP contribution >= 0.6 is 0 Å². The van der Waals surface area contributed by atoms with Crippen LogP contribution in [0.1, 0.15) is 30.5 Å². The van der Waals surface area contributed by atoms with E-state index in [1.807, 2.05) is 0 Å². The lowest BCUT2D eigenvalue weighted by Gasteiger charge is -2.25. The first-order valence-electron chi connectivity index (χ1n) is 11.3. The van der Waals surface area contributed by atoms with Gasteiger partial charge in [0, 0.05) is 39.9 Å². The average Bonchev–Trinajstić information content (AvgIpc) is 3.10. The number of aliphatic hydroxyl groups excluding tert-OH is 1. The van der Waals surface area contributed by atoms with Gasteiger partial charge in [-0.1, -0.05) is 6.07 Å². The van der Waals surface area contributed by atoms with Crippen LogP contribution in [0.25, 0.3) is 5.76 Å². The molecule has 0 spiro atoms. The minimum absolute atomic E-state index is 0.0144. The first-order valence-corrected chi connectivity index (χ1v) is 12.7. The third-order valence-corrected chi connectivity index (χ3v) is 7.62. The van der Waals surface area contributed by atoms with E-state index < -0.39 is 33.5 Å². The van der Waals surface area contributed by atoms with Gasteiger partial charge in [0.2, 0.25) is 10.0 Å². The molecule has 1 atom stereocenters. The van der Waals surface area contributed by atoms with E-state index in [0.29, 0.717) is 18.6 Å². The topological polar surface area (TPSA) is 134 Å². The number of ketones is 1. The van der Waals surface area contributed by atoms with E-state index in [4.69, 9.17) is 9.47 Å². The lowest BCUT2D eigenvalue weighted by Crippen LogP contribution is -2.31. The Morgan fingerprint density at radius 1 is 1.11 bits per heavy atom. The quantitative estimate of drug-likeness (QED) is 0.212. The lowest BCUT2D eigenvalue weighted by molar-refractivity contribution is -0.140. The number of rotatable bonds is 10. The predicted octanol–water partition coefficient (Wildman–Crippen LogP) is 2.50. The van der Waals surface area contributed by atoms with Crippen LogP contribution in [0, 0.1) is 0 Å². The zero-order valence-corrected chi connectivity index (χ0v) is 21.4. The van der Waals surface area contributed by atoms with E-state index in [1.54, 1.807) is 13.0 Å². The molecule has 2 aromatic carbocycles. The maximum absolute atomic E-state index is 13.1. The SMILES string of the molecule is CCOc1cc([C@@H]2C(=C(O)c3ccc(S(=O)(=O)N(C)C)cc3)C(=O)C(=O)N2CCCOC)ccc1O. The summed E-state index contributed by atoms with van der Waals surface area (Å²) in [6.45, 7) is 2.58. The Hall–Kier alpha value is -3.41. The Bertz CT molecular complexity index is 1270. The van der Waals surface area contributed by atoms with Crippen LogP contribution in [-0.4, -0.2) is 80.5 Å². The van der Waals surface area contributed by atoms with Gasteiger partial charge in [-0.25, -0.2) is 12.7 Å². The second-order valence-electron chi connectivity index (χ2n) is 8.31. The molecule has 36 heavy (non-hydrogen) atoms. The Balaban J connectivity index is 2.14. The van der Waals surface area contributed by atoms with Crippen molar-refractivity contribution < 1.29 is 37.7 Å². The minimum Gasteiger partial charge on any atom is -0.507 e. The third-order valence-electron chi connectivity index (χ3n) is 5.79. The molecule has 3 rings (SSSR count). The van der Waals surface area contributed by atoms with Crippen LogP contribution in [-0.2, 0) is 24.3 Å². The molecular formula is C25H30N2O8S. The second kappa shape index (κ2) is 11.1. The molecular weight excluding hydrogens is 488 g/mol. The van der Waals surface area contributed by atoms with Crippen LogP contribution in [0.4, 0.5) is 0 Å². The molecule has 1 aliphatic heterocycles. The molecule has 1 aliphatic rings. The Morgan fingerprint density at radius 3 is 2.36 bits per heavy atom. The summed E-state index contributed by atoms with van der Waals surface area (Å²) in [6.07, 6.45) is 0.452. The highest BCUT2D eigenvalue weighted by Crippen LogP contribution is 2.42. The van der Waals surface area contributed by atoms with E-state index in [0.717, 1.165) is 4.31 Å². The van der Waals surface area contributed by atoms with E-state index in [1.165, 1.54) is 62.5 Å². The van der Waals surface area contributed by atoms with Gasteiger partial charge in [-0.3, -0.25) is 9.59 Å². The fourth-order valence-corrected chi connectivity index (χ4v) is 4.86. The molecule has 194 valence electrons. The fourth-order valence-electron chi connectivity index (χ4n) is 3.96. The van der Waals surface area contributed by atoms with Crippen molar-refractivity contribution in [3.63, 3.8) is 0 Å². The molecule has 0 aliphatic carbocycles. The first-order chi connectivity index (χ1) is 17.0. The summed E-state index contributed by atoms with van der Waals surface area (Å²) in [5.41, 5.74) is 0.492. The van der Waals surface area contributed by atoms with Gasteiger partial charge in [0.25, 0.3) is 11.7 Å². The fraction of sp³-hybridized carbons (Fsp3) is 0.360. The van der Waals surface area contributed by atoms with Gasteiger partial charge in [0.05, 0.1) is 23.1 Å². The summed E-state index contributed by atoms with van der Waals surface area (Å²) in [4.78, 5) is 27.5. The van der Waals surface area contributed by atoms with Gasteiger partial charge < -0.3 is 24.6 Å². The number of hydrogen-bond donors (Lipinski definition) is 2. The van der Waals surface area contributed by atoms with Crippen molar-refractivity contribution in [3.8, 4) is 11.5 Å². The number of phenolic OH excluding ortho intramolecular Hbond substituents is 1. The summed E-state index contributed by atoms with van der Waals surface area (Å²) in [7, 11) is 0.648. The van der Waals surface area contributed by atoms with E-state index >= 15 is 0 Å². The maximum atomic E-state index is 13.1. The van der Waals surface area contributed by atoms with Crippen LogP contribution in [0.3, 0.4) is 0 Å². The van der Waals surface area contributed by atoms with Gasteiger partial charge in [-0.05, 0) is 55.3 Å². The molecule has 1 fully saturated rings. The molecule has 2 N–H and O–H groups in total.